The molecule has 10 heavy (non-hydrogen) atoms. The van der Waals surface area contributed by atoms with Crippen LogP contribution in [0.1, 0.15) is 19.7 Å². The van der Waals surface area contributed by atoms with E-state index in [1.54, 1.807) is 6.20 Å². The Bertz CT molecular complexity index is 135. The van der Waals surface area contributed by atoms with E-state index in [4.69, 9.17) is 0 Å². The third kappa shape index (κ3) is 3.25. The number of hydrogen-bond acceptors (Lipinski definition) is 2. The van der Waals surface area contributed by atoms with Gasteiger partial charge in [0.15, 0.2) is 0 Å². The fraction of sp³-hybridized carbons (Fsp3) is 0.571. The van der Waals surface area contributed by atoms with Gasteiger partial charge in [0.05, 0.1) is 6.54 Å². The van der Waals surface area contributed by atoms with Crippen molar-refractivity contribution >= 4 is 0 Å². The summed E-state index contributed by atoms with van der Waals surface area (Å²) in [5.41, 5.74) is 0. The lowest BCUT2D eigenvalue weighted by molar-refractivity contribution is 0.772. The van der Waals surface area contributed by atoms with E-state index in [1.807, 2.05) is 27.1 Å². The number of aromatic nitrogens is 2. The Kier molecular flexibility index (Phi) is 5.77. The molecule has 1 rings (SSSR count). The molecule has 1 aromatic heterocycles. The van der Waals surface area contributed by atoms with E-state index in [2.05, 4.69) is 15.3 Å². The smallest absolute Gasteiger partial charge is 0.120 e. The van der Waals surface area contributed by atoms with Crippen LogP contribution in [0.3, 0.4) is 0 Å². The molecule has 58 valence electrons. The Hall–Kier alpha value is -0.830. The number of nitrogens with zero attached hydrogens (tertiary/aromatic N) is 1. The van der Waals surface area contributed by atoms with Gasteiger partial charge in [-0.15, -0.1) is 0 Å². The van der Waals surface area contributed by atoms with Gasteiger partial charge in [-0.3, -0.25) is 0 Å². The minimum atomic E-state index is 0.812. The van der Waals surface area contributed by atoms with Crippen molar-refractivity contribution in [2.75, 3.05) is 7.05 Å². The number of nitrogens with one attached hydrogen (secondary N) is 2. The van der Waals surface area contributed by atoms with Crippen LogP contribution in [-0.2, 0) is 6.54 Å². The van der Waals surface area contributed by atoms with E-state index in [1.165, 1.54) is 0 Å². The first-order chi connectivity index (χ1) is 4.93. The van der Waals surface area contributed by atoms with Crippen molar-refractivity contribution in [3.8, 4) is 0 Å². The molecule has 2 N–H and O–H groups in total. The summed E-state index contributed by atoms with van der Waals surface area (Å²) in [5.74, 6) is 0.979. The predicted octanol–water partition coefficient (Wildman–Crippen LogP) is 1.16. The highest BCUT2D eigenvalue weighted by Gasteiger charge is 1.86. The minimum absolute atomic E-state index is 0.812. The van der Waals surface area contributed by atoms with E-state index in [0.717, 1.165) is 12.4 Å². The molecule has 0 aromatic carbocycles. The number of H-pyrrole nitrogens is 1. The normalized spacial score (nSPS) is 8.30. The van der Waals surface area contributed by atoms with Gasteiger partial charge >= 0.3 is 0 Å². The molecule has 1 aromatic rings. The second-order valence-corrected chi connectivity index (χ2v) is 1.57. The summed E-state index contributed by atoms with van der Waals surface area (Å²) in [7, 11) is 1.89. The fourth-order valence-electron chi connectivity index (χ4n) is 0.562. The second-order valence-electron chi connectivity index (χ2n) is 1.57. The first kappa shape index (κ1) is 9.17. The molecule has 0 bridgehead atoms. The highest BCUT2D eigenvalue weighted by atomic mass is 14.9. The van der Waals surface area contributed by atoms with Gasteiger partial charge in [-0.05, 0) is 7.05 Å². The Morgan fingerprint density at radius 3 is 2.70 bits per heavy atom. The van der Waals surface area contributed by atoms with E-state index < -0.39 is 0 Å². The topological polar surface area (TPSA) is 40.7 Å². The second kappa shape index (κ2) is 6.29. The number of hydrogen-bond donors (Lipinski definition) is 2. The average Bonchev–Trinajstić information content (AvgIpc) is 2.46. The van der Waals surface area contributed by atoms with Gasteiger partial charge < -0.3 is 10.3 Å². The van der Waals surface area contributed by atoms with Crippen LogP contribution in [0.4, 0.5) is 0 Å². The summed E-state index contributed by atoms with van der Waals surface area (Å²) < 4.78 is 0. The van der Waals surface area contributed by atoms with Crippen molar-refractivity contribution in [2.24, 2.45) is 0 Å². The maximum atomic E-state index is 3.99. The van der Waals surface area contributed by atoms with Crippen molar-refractivity contribution in [1.82, 2.24) is 15.3 Å². The van der Waals surface area contributed by atoms with Crippen molar-refractivity contribution in [3.63, 3.8) is 0 Å². The third-order valence-electron chi connectivity index (χ3n) is 0.899. The fourth-order valence-corrected chi connectivity index (χ4v) is 0.562. The van der Waals surface area contributed by atoms with Gasteiger partial charge in [-0.2, -0.15) is 0 Å². The molecule has 0 unspecified atom stereocenters. The van der Waals surface area contributed by atoms with Gasteiger partial charge in [-0.25, -0.2) is 4.98 Å². The van der Waals surface area contributed by atoms with Gasteiger partial charge in [0, 0.05) is 12.4 Å². The largest absolute Gasteiger partial charge is 0.348 e. The van der Waals surface area contributed by atoms with Crippen LogP contribution in [0, 0.1) is 0 Å². The Balaban J connectivity index is 0.000000371. The van der Waals surface area contributed by atoms with E-state index in [-0.39, 0.29) is 0 Å². The van der Waals surface area contributed by atoms with Gasteiger partial charge in [-0.1, -0.05) is 13.8 Å². The molecular formula is C7H15N3. The molecule has 0 radical (unpaired) electrons. The molecule has 0 saturated carbocycles. The van der Waals surface area contributed by atoms with Gasteiger partial charge in [0.2, 0.25) is 0 Å². The highest BCUT2D eigenvalue weighted by Crippen LogP contribution is 1.83. The van der Waals surface area contributed by atoms with Crippen LogP contribution < -0.4 is 5.32 Å². The molecule has 3 heteroatoms. The highest BCUT2D eigenvalue weighted by molar-refractivity contribution is 4.85. The zero-order valence-electron chi connectivity index (χ0n) is 6.81. The summed E-state index contributed by atoms with van der Waals surface area (Å²) in [6, 6.07) is 0. The molecule has 0 spiro atoms. The molecule has 0 aliphatic heterocycles. The maximum absolute atomic E-state index is 3.99. The van der Waals surface area contributed by atoms with Crippen molar-refractivity contribution in [2.45, 2.75) is 20.4 Å². The quantitative estimate of drug-likeness (QED) is 0.648. The van der Waals surface area contributed by atoms with Crippen molar-refractivity contribution < 1.29 is 0 Å². The van der Waals surface area contributed by atoms with Gasteiger partial charge in [0.25, 0.3) is 0 Å². The Labute approximate surface area is 61.9 Å². The Morgan fingerprint density at radius 2 is 2.30 bits per heavy atom. The molecule has 0 fully saturated rings. The van der Waals surface area contributed by atoms with Crippen LogP contribution in [0.25, 0.3) is 0 Å². The number of aromatic amines is 1. The molecule has 3 nitrogen and oxygen atoms in total. The van der Waals surface area contributed by atoms with E-state index in [9.17, 15) is 0 Å². The lowest BCUT2D eigenvalue weighted by Crippen LogP contribution is -2.05. The van der Waals surface area contributed by atoms with Crippen LogP contribution in [0.5, 0.6) is 0 Å². The van der Waals surface area contributed by atoms with Crippen LogP contribution in [0.2, 0.25) is 0 Å². The lowest BCUT2D eigenvalue weighted by Gasteiger charge is -1.89. The molecule has 0 atom stereocenters. The van der Waals surface area contributed by atoms with Gasteiger partial charge in [0.1, 0.15) is 5.82 Å². The van der Waals surface area contributed by atoms with Crippen LogP contribution in [0.15, 0.2) is 12.4 Å². The summed E-state index contributed by atoms with van der Waals surface area (Å²) in [5, 5.41) is 2.98. The third-order valence-corrected chi connectivity index (χ3v) is 0.899. The zero-order valence-corrected chi connectivity index (χ0v) is 6.81. The first-order valence-electron chi connectivity index (χ1n) is 3.56. The van der Waals surface area contributed by atoms with E-state index >= 15 is 0 Å². The lowest BCUT2D eigenvalue weighted by atomic mass is 10.6. The molecular weight excluding hydrogens is 126 g/mol. The summed E-state index contributed by atoms with van der Waals surface area (Å²) in [4.78, 5) is 6.95. The van der Waals surface area contributed by atoms with Crippen molar-refractivity contribution in [3.05, 3.63) is 18.2 Å². The molecule has 0 saturated heterocycles. The molecule has 1 heterocycles. The summed E-state index contributed by atoms with van der Waals surface area (Å²) >= 11 is 0. The molecule has 0 amide bonds. The summed E-state index contributed by atoms with van der Waals surface area (Å²) in [6.45, 7) is 4.81. The predicted molar refractivity (Wildman–Crippen MR) is 42.7 cm³/mol. The monoisotopic (exact) mass is 141 g/mol. The minimum Gasteiger partial charge on any atom is -0.348 e. The zero-order chi connectivity index (χ0) is 7.82. The molecule has 0 aliphatic carbocycles. The number of rotatable bonds is 2. The Morgan fingerprint density at radius 1 is 1.60 bits per heavy atom. The average molecular weight is 141 g/mol. The number of imidazole rings is 1. The van der Waals surface area contributed by atoms with Crippen LogP contribution in [-0.4, -0.2) is 17.0 Å². The SMILES string of the molecule is CC.CNCc1ncc[nH]1. The summed E-state index contributed by atoms with van der Waals surface area (Å²) in [6.07, 6.45) is 3.55. The van der Waals surface area contributed by atoms with Crippen molar-refractivity contribution in [1.29, 1.82) is 0 Å². The standard InChI is InChI=1S/C5H9N3.C2H6/c1-6-4-5-7-2-3-8-5;1-2/h2-3,6H,4H2,1H3,(H,7,8);1-2H3. The van der Waals surface area contributed by atoms with Crippen LogP contribution >= 0.6 is 0 Å². The maximum Gasteiger partial charge on any atom is 0.120 e. The first-order valence-corrected chi connectivity index (χ1v) is 3.56. The molecule has 0 aliphatic rings. The van der Waals surface area contributed by atoms with E-state index in [0.29, 0.717) is 0 Å².